The number of benzene rings is 1. The summed E-state index contributed by atoms with van der Waals surface area (Å²) in [5.41, 5.74) is 2.79. The van der Waals surface area contributed by atoms with Crippen LogP contribution in [0, 0.1) is 18.8 Å². The Balaban J connectivity index is 1.77. The molecule has 0 spiro atoms. The second-order valence-corrected chi connectivity index (χ2v) is 9.12. The number of ether oxygens (including phenoxy) is 1. The topological polar surface area (TPSA) is 50.6 Å². The first kappa shape index (κ1) is 21.9. The fourth-order valence-electron chi connectivity index (χ4n) is 5.26. The molecule has 1 aromatic carbocycles. The van der Waals surface area contributed by atoms with E-state index in [9.17, 15) is 4.79 Å². The SMILES string of the molecule is CCOc1ccc(N2CN(C3CCCC(C)C3C)Cn3c2nc(C)c(CC)c3=O)cc1. The molecule has 4 rings (SSSR count). The Morgan fingerprint density at radius 1 is 1.10 bits per heavy atom. The molecule has 1 fully saturated rings. The first-order valence-electron chi connectivity index (χ1n) is 11.8. The summed E-state index contributed by atoms with van der Waals surface area (Å²) >= 11 is 0. The Labute approximate surface area is 185 Å². The van der Waals surface area contributed by atoms with Gasteiger partial charge >= 0.3 is 0 Å². The van der Waals surface area contributed by atoms with Gasteiger partial charge in [0, 0.05) is 23.0 Å². The van der Waals surface area contributed by atoms with E-state index in [0.29, 0.717) is 37.6 Å². The molecule has 3 atom stereocenters. The molecule has 1 aliphatic heterocycles. The number of hydrogen-bond donors (Lipinski definition) is 0. The van der Waals surface area contributed by atoms with Gasteiger partial charge in [0.25, 0.3) is 5.56 Å². The highest BCUT2D eigenvalue weighted by molar-refractivity contribution is 5.59. The third kappa shape index (κ3) is 4.10. The van der Waals surface area contributed by atoms with E-state index in [2.05, 4.69) is 35.8 Å². The zero-order valence-corrected chi connectivity index (χ0v) is 19.6. The van der Waals surface area contributed by atoms with Crippen LogP contribution in [0.2, 0.25) is 0 Å². The fourth-order valence-corrected chi connectivity index (χ4v) is 5.26. The van der Waals surface area contributed by atoms with Crippen LogP contribution in [0.4, 0.5) is 11.6 Å². The lowest BCUT2D eigenvalue weighted by atomic mass is 9.77. The van der Waals surface area contributed by atoms with Gasteiger partial charge in [-0.15, -0.1) is 0 Å². The number of fused-ring (bicyclic) bond motifs is 1. The van der Waals surface area contributed by atoms with Crippen molar-refractivity contribution < 1.29 is 4.74 Å². The molecule has 0 saturated heterocycles. The molecule has 31 heavy (non-hydrogen) atoms. The number of rotatable bonds is 5. The lowest BCUT2D eigenvalue weighted by Crippen LogP contribution is -2.54. The van der Waals surface area contributed by atoms with E-state index in [1.54, 1.807) is 0 Å². The molecule has 1 aromatic heterocycles. The standard InChI is InChI=1S/C25H36N4O2/c1-6-22-19(5)26-25-28(20-11-13-21(14-12-20)31-7-2)15-27(16-29(25)24(22)30)23-10-8-9-17(3)18(23)4/h11-14,17-18,23H,6-10,15-16H2,1-5H3. The van der Waals surface area contributed by atoms with Crippen molar-refractivity contribution >= 4 is 11.6 Å². The van der Waals surface area contributed by atoms with Crippen LogP contribution in [0.25, 0.3) is 0 Å². The third-order valence-corrected chi connectivity index (χ3v) is 7.28. The Morgan fingerprint density at radius 3 is 2.52 bits per heavy atom. The van der Waals surface area contributed by atoms with Gasteiger partial charge in [0.2, 0.25) is 5.95 Å². The summed E-state index contributed by atoms with van der Waals surface area (Å²) in [7, 11) is 0. The predicted molar refractivity (Wildman–Crippen MR) is 125 cm³/mol. The van der Waals surface area contributed by atoms with E-state index in [1.165, 1.54) is 19.3 Å². The highest BCUT2D eigenvalue weighted by Crippen LogP contribution is 2.36. The zero-order chi connectivity index (χ0) is 22.1. The molecular formula is C25H36N4O2. The largest absolute Gasteiger partial charge is 0.494 e. The van der Waals surface area contributed by atoms with Gasteiger partial charge in [-0.3, -0.25) is 19.2 Å². The van der Waals surface area contributed by atoms with E-state index >= 15 is 0 Å². The molecule has 0 N–H and O–H groups in total. The van der Waals surface area contributed by atoms with E-state index in [1.807, 2.05) is 37.5 Å². The molecule has 2 aliphatic rings. The maximum absolute atomic E-state index is 13.4. The van der Waals surface area contributed by atoms with E-state index in [-0.39, 0.29) is 5.56 Å². The monoisotopic (exact) mass is 424 g/mol. The lowest BCUT2D eigenvalue weighted by molar-refractivity contribution is 0.0491. The molecule has 2 heterocycles. The molecule has 1 aliphatic carbocycles. The lowest BCUT2D eigenvalue weighted by Gasteiger charge is -2.46. The number of aryl methyl sites for hydroxylation is 1. The third-order valence-electron chi connectivity index (χ3n) is 7.28. The van der Waals surface area contributed by atoms with Crippen molar-refractivity contribution in [3.8, 4) is 5.75 Å². The summed E-state index contributed by atoms with van der Waals surface area (Å²) in [6.07, 6.45) is 4.44. The summed E-state index contributed by atoms with van der Waals surface area (Å²) in [4.78, 5) is 23.0. The van der Waals surface area contributed by atoms with Crippen LogP contribution in [0.15, 0.2) is 29.1 Å². The Kier molecular flexibility index (Phi) is 6.37. The van der Waals surface area contributed by atoms with E-state index < -0.39 is 0 Å². The van der Waals surface area contributed by atoms with Crippen molar-refractivity contribution in [2.24, 2.45) is 11.8 Å². The van der Waals surface area contributed by atoms with Crippen LogP contribution < -0.4 is 15.2 Å². The minimum Gasteiger partial charge on any atom is -0.494 e. The first-order chi connectivity index (χ1) is 14.9. The van der Waals surface area contributed by atoms with Crippen LogP contribution in [0.3, 0.4) is 0 Å². The van der Waals surface area contributed by atoms with Crippen molar-refractivity contribution in [2.45, 2.75) is 73.0 Å². The summed E-state index contributed by atoms with van der Waals surface area (Å²) in [6, 6.07) is 8.61. The van der Waals surface area contributed by atoms with E-state index in [0.717, 1.165) is 35.3 Å². The molecule has 0 amide bonds. The van der Waals surface area contributed by atoms with E-state index in [4.69, 9.17) is 9.72 Å². The van der Waals surface area contributed by atoms with Crippen LogP contribution in [-0.4, -0.2) is 33.8 Å². The fraction of sp³-hybridized carbons (Fsp3) is 0.600. The van der Waals surface area contributed by atoms with Crippen molar-refractivity contribution in [3.63, 3.8) is 0 Å². The number of hydrogen-bond acceptors (Lipinski definition) is 5. The van der Waals surface area contributed by atoms with Crippen LogP contribution in [-0.2, 0) is 13.1 Å². The highest BCUT2D eigenvalue weighted by Gasteiger charge is 2.36. The first-order valence-corrected chi connectivity index (χ1v) is 11.8. The molecule has 2 aromatic rings. The van der Waals surface area contributed by atoms with Gasteiger partial charge < -0.3 is 4.74 Å². The summed E-state index contributed by atoms with van der Waals surface area (Å²) in [5.74, 6) is 2.92. The average Bonchev–Trinajstić information content (AvgIpc) is 2.76. The molecule has 168 valence electrons. The Hall–Kier alpha value is -2.34. The molecule has 6 nitrogen and oxygen atoms in total. The normalized spacial score (nSPS) is 24.2. The highest BCUT2D eigenvalue weighted by atomic mass is 16.5. The summed E-state index contributed by atoms with van der Waals surface area (Å²) in [5, 5.41) is 0. The van der Waals surface area contributed by atoms with Gasteiger partial charge in [0.05, 0.1) is 19.9 Å². The molecule has 6 heteroatoms. The van der Waals surface area contributed by atoms with Crippen LogP contribution in [0.5, 0.6) is 5.75 Å². The predicted octanol–water partition coefficient (Wildman–Crippen LogP) is 4.71. The summed E-state index contributed by atoms with van der Waals surface area (Å²) in [6.45, 7) is 12.7. The van der Waals surface area contributed by atoms with Gasteiger partial charge in [-0.2, -0.15) is 0 Å². The van der Waals surface area contributed by atoms with Crippen molar-refractivity contribution in [1.29, 1.82) is 0 Å². The number of anilines is 2. The minimum absolute atomic E-state index is 0.0992. The van der Waals surface area contributed by atoms with Crippen LogP contribution in [0.1, 0.15) is 58.2 Å². The molecular weight excluding hydrogens is 388 g/mol. The number of aromatic nitrogens is 2. The molecule has 0 bridgehead atoms. The Morgan fingerprint density at radius 2 is 1.84 bits per heavy atom. The molecule has 3 unspecified atom stereocenters. The van der Waals surface area contributed by atoms with Gasteiger partial charge in [0.1, 0.15) is 5.75 Å². The van der Waals surface area contributed by atoms with Crippen molar-refractivity contribution in [2.75, 3.05) is 18.2 Å². The van der Waals surface area contributed by atoms with Gasteiger partial charge in [-0.05, 0) is 62.8 Å². The molecule has 1 saturated carbocycles. The maximum atomic E-state index is 13.4. The molecule has 0 radical (unpaired) electrons. The summed E-state index contributed by atoms with van der Waals surface area (Å²) < 4.78 is 7.52. The second kappa shape index (κ2) is 9.03. The average molecular weight is 425 g/mol. The van der Waals surface area contributed by atoms with Crippen molar-refractivity contribution in [1.82, 2.24) is 14.5 Å². The quantitative estimate of drug-likeness (QED) is 0.696. The second-order valence-electron chi connectivity index (χ2n) is 9.12. The zero-order valence-electron chi connectivity index (χ0n) is 19.6. The maximum Gasteiger partial charge on any atom is 0.259 e. The van der Waals surface area contributed by atoms with Gasteiger partial charge in [0.15, 0.2) is 0 Å². The Bertz CT molecular complexity index is 969. The van der Waals surface area contributed by atoms with Crippen molar-refractivity contribution in [3.05, 3.63) is 45.9 Å². The minimum atomic E-state index is 0.0992. The van der Waals surface area contributed by atoms with Gasteiger partial charge in [-0.25, -0.2) is 4.98 Å². The van der Waals surface area contributed by atoms with Crippen LogP contribution >= 0.6 is 0 Å². The smallest absolute Gasteiger partial charge is 0.259 e. The number of nitrogens with zero attached hydrogens (tertiary/aromatic N) is 4. The van der Waals surface area contributed by atoms with Gasteiger partial charge in [-0.1, -0.05) is 33.6 Å².